The third-order valence-electron chi connectivity index (χ3n) is 14.3. The Morgan fingerprint density at radius 2 is 0.470 bits per heavy atom. The molecule has 83 heavy (non-hydrogen) atoms. The molecule has 470 valence electrons. The lowest BCUT2D eigenvalue weighted by Gasteiger charge is -2.18. The average molecular weight is 1150 g/mol. The number of allylic oxidation sites excluding steroid dienone is 24. The smallest absolute Gasteiger partial charge is 0.306 e. The second kappa shape index (κ2) is 69.8. The number of ether oxygens (including phenoxy) is 3. The lowest BCUT2D eigenvalue weighted by molar-refractivity contribution is -0.167. The first-order valence-electron chi connectivity index (χ1n) is 34.3. The molecule has 0 saturated heterocycles. The summed E-state index contributed by atoms with van der Waals surface area (Å²) in [6.07, 6.45) is 100.0. The molecule has 0 radical (unpaired) electrons. The van der Waals surface area contributed by atoms with Crippen molar-refractivity contribution in [1.29, 1.82) is 0 Å². The topological polar surface area (TPSA) is 78.9 Å². The van der Waals surface area contributed by atoms with Crippen molar-refractivity contribution in [2.45, 2.75) is 309 Å². The Balaban J connectivity index is 4.51. The molecule has 6 heteroatoms. The third kappa shape index (κ3) is 68.0. The molecular weight excluding hydrogens is 1020 g/mol. The van der Waals surface area contributed by atoms with Crippen LogP contribution in [0.25, 0.3) is 0 Å². The van der Waals surface area contributed by atoms with Gasteiger partial charge in [0.2, 0.25) is 0 Å². The van der Waals surface area contributed by atoms with Crippen molar-refractivity contribution in [3.63, 3.8) is 0 Å². The number of rotatable bonds is 61. The molecule has 0 aliphatic heterocycles. The van der Waals surface area contributed by atoms with Crippen molar-refractivity contribution >= 4 is 17.9 Å². The number of carbonyl (C=O) groups is 3. The molecule has 0 fully saturated rings. The van der Waals surface area contributed by atoms with E-state index in [4.69, 9.17) is 14.2 Å². The van der Waals surface area contributed by atoms with E-state index in [1.807, 2.05) is 0 Å². The first-order valence-corrected chi connectivity index (χ1v) is 34.3. The van der Waals surface area contributed by atoms with E-state index in [-0.39, 0.29) is 31.1 Å². The van der Waals surface area contributed by atoms with Gasteiger partial charge in [-0.2, -0.15) is 0 Å². The van der Waals surface area contributed by atoms with Crippen molar-refractivity contribution in [3.8, 4) is 0 Å². The van der Waals surface area contributed by atoms with Crippen LogP contribution in [0.5, 0.6) is 0 Å². The van der Waals surface area contributed by atoms with Gasteiger partial charge in [-0.05, 0) is 148 Å². The van der Waals surface area contributed by atoms with E-state index in [2.05, 4.69) is 167 Å². The maximum Gasteiger partial charge on any atom is 0.306 e. The minimum atomic E-state index is -0.813. The van der Waals surface area contributed by atoms with Crippen LogP contribution >= 0.6 is 0 Å². The molecule has 1 unspecified atom stereocenters. The van der Waals surface area contributed by atoms with Gasteiger partial charge in [0.1, 0.15) is 13.2 Å². The van der Waals surface area contributed by atoms with Gasteiger partial charge in [-0.3, -0.25) is 14.4 Å². The lowest BCUT2D eigenvalue weighted by atomic mass is 10.1. The highest BCUT2D eigenvalue weighted by Crippen LogP contribution is 2.15. The number of esters is 3. The molecule has 0 bridgehead atoms. The van der Waals surface area contributed by atoms with E-state index in [9.17, 15) is 14.4 Å². The summed E-state index contributed by atoms with van der Waals surface area (Å²) in [7, 11) is 0. The Morgan fingerprint density at radius 3 is 0.771 bits per heavy atom. The number of unbranched alkanes of at least 4 members (excludes halogenated alkanes) is 26. The van der Waals surface area contributed by atoms with E-state index < -0.39 is 6.10 Å². The standard InChI is InChI=1S/C77H126O6/c1-4-7-10-13-16-19-22-25-28-31-33-35-36-37-38-39-40-42-43-46-49-52-55-58-61-64-67-70-76(79)82-73-74(72-81-75(78)69-66-63-60-57-54-51-48-45-30-27-24-21-18-15-12-9-6-3)83-77(80)71-68-65-62-59-56-53-50-47-44-41-34-32-29-26-23-20-17-14-11-8-5-2/h7,10,16,19,23,25-28,30,32-35,37-38,40,42,44,46-47,49,55,58,74H,4-6,8-9,11-15,17-18,20-22,24,29,31,36,39,41,43,45,48,50-54,56-57,59-73H2,1-3H3/b10-7-,19-16-,26-23-,28-25-,30-27-,34-32-,35-33-,38-37-,42-40-,47-44-,49-46-,58-55-. The lowest BCUT2D eigenvalue weighted by Crippen LogP contribution is -2.30. The van der Waals surface area contributed by atoms with Crippen LogP contribution in [0.2, 0.25) is 0 Å². The molecule has 0 amide bonds. The third-order valence-corrected chi connectivity index (χ3v) is 14.3. The predicted octanol–water partition coefficient (Wildman–Crippen LogP) is 23.9. The van der Waals surface area contributed by atoms with E-state index in [0.717, 1.165) is 128 Å². The highest BCUT2D eigenvalue weighted by atomic mass is 16.6. The van der Waals surface area contributed by atoms with Crippen molar-refractivity contribution in [1.82, 2.24) is 0 Å². The largest absolute Gasteiger partial charge is 0.462 e. The Kier molecular flexibility index (Phi) is 65.8. The zero-order valence-corrected chi connectivity index (χ0v) is 53.9. The minimum absolute atomic E-state index is 0.104. The normalized spacial score (nSPS) is 13.0. The molecule has 0 aromatic heterocycles. The van der Waals surface area contributed by atoms with Crippen molar-refractivity contribution in [3.05, 3.63) is 146 Å². The fourth-order valence-electron chi connectivity index (χ4n) is 9.17. The predicted molar refractivity (Wildman–Crippen MR) is 362 cm³/mol. The van der Waals surface area contributed by atoms with Gasteiger partial charge in [-0.25, -0.2) is 0 Å². The van der Waals surface area contributed by atoms with Crippen LogP contribution in [-0.2, 0) is 28.6 Å². The molecule has 0 saturated carbocycles. The van der Waals surface area contributed by atoms with Crippen LogP contribution in [0.3, 0.4) is 0 Å². The summed E-state index contributed by atoms with van der Waals surface area (Å²) in [6.45, 7) is 6.48. The van der Waals surface area contributed by atoms with Gasteiger partial charge < -0.3 is 14.2 Å². The fourth-order valence-corrected chi connectivity index (χ4v) is 9.17. The van der Waals surface area contributed by atoms with Crippen LogP contribution in [0.15, 0.2) is 146 Å². The molecule has 0 aromatic rings. The molecule has 0 aliphatic rings. The van der Waals surface area contributed by atoms with Crippen molar-refractivity contribution in [2.24, 2.45) is 0 Å². The summed E-state index contributed by atoms with van der Waals surface area (Å²) in [6, 6.07) is 0. The van der Waals surface area contributed by atoms with Gasteiger partial charge in [0.15, 0.2) is 6.10 Å². The van der Waals surface area contributed by atoms with Crippen LogP contribution in [0, 0.1) is 0 Å². The van der Waals surface area contributed by atoms with Crippen LogP contribution < -0.4 is 0 Å². The van der Waals surface area contributed by atoms with Crippen molar-refractivity contribution in [2.75, 3.05) is 13.2 Å². The summed E-state index contributed by atoms with van der Waals surface area (Å²) < 4.78 is 16.9. The first kappa shape index (κ1) is 78.3. The molecule has 0 rings (SSSR count). The number of carbonyl (C=O) groups excluding carboxylic acids is 3. The van der Waals surface area contributed by atoms with E-state index in [1.54, 1.807) is 0 Å². The maximum atomic E-state index is 12.9. The van der Waals surface area contributed by atoms with Gasteiger partial charge in [-0.1, -0.05) is 282 Å². The van der Waals surface area contributed by atoms with Gasteiger partial charge in [0.25, 0.3) is 0 Å². The Hall–Kier alpha value is -4.71. The second-order valence-corrected chi connectivity index (χ2v) is 22.3. The molecule has 0 heterocycles. The monoisotopic (exact) mass is 1150 g/mol. The van der Waals surface area contributed by atoms with Crippen molar-refractivity contribution < 1.29 is 28.6 Å². The molecule has 1 atom stereocenters. The molecule has 0 N–H and O–H groups in total. The summed E-state index contributed by atoms with van der Waals surface area (Å²) in [5.41, 5.74) is 0. The Bertz CT molecular complexity index is 1800. The van der Waals surface area contributed by atoms with Crippen LogP contribution in [-0.4, -0.2) is 37.2 Å². The van der Waals surface area contributed by atoms with E-state index in [1.165, 1.54) is 128 Å². The van der Waals surface area contributed by atoms with E-state index >= 15 is 0 Å². The summed E-state index contributed by atoms with van der Waals surface area (Å²) in [5.74, 6) is -0.962. The number of hydrogen-bond acceptors (Lipinski definition) is 6. The molecule has 0 aliphatic carbocycles. The zero-order valence-electron chi connectivity index (χ0n) is 53.9. The van der Waals surface area contributed by atoms with Crippen LogP contribution in [0.1, 0.15) is 303 Å². The average Bonchev–Trinajstić information content (AvgIpc) is 3.49. The SMILES string of the molecule is CC/C=C\C/C=C\C/C=C\C/C=C\C/C=C\C/C=C\C/C=C\C/C=C\CCCCC(=O)OCC(COC(=O)CCCCCCCCC/C=C\CCCCCCCC)OC(=O)CCCCCCCC/C=C\C/C=C\C/C=C\CCCCCCC. The zero-order chi connectivity index (χ0) is 59.9. The number of hydrogen-bond donors (Lipinski definition) is 0. The molecule has 0 spiro atoms. The van der Waals surface area contributed by atoms with Gasteiger partial charge in [-0.15, -0.1) is 0 Å². The minimum Gasteiger partial charge on any atom is -0.462 e. The Labute approximate surface area is 512 Å². The summed E-state index contributed by atoms with van der Waals surface area (Å²) in [5, 5.41) is 0. The van der Waals surface area contributed by atoms with Gasteiger partial charge in [0, 0.05) is 19.3 Å². The highest BCUT2D eigenvalue weighted by molar-refractivity contribution is 5.71. The maximum absolute atomic E-state index is 12.9. The van der Waals surface area contributed by atoms with Gasteiger partial charge >= 0.3 is 17.9 Å². The first-order chi connectivity index (χ1) is 41.0. The Morgan fingerprint density at radius 1 is 0.253 bits per heavy atom. The summed E-state index contributed by atoms with van der Waals surface area (Å²) in [4.78, 5) is 38.4. The highest BCUT2D eigenvalue weighted by Gasteiger charge is 2.19. The molecular formula is C77H126O6. The van der Waals surface area contributed by atoms with Gasteiger partial charge in [0.05, 0.1) is 0 Å². The second-order valence-electron chi connectivity index (χ2n) is 22.3. The molecule has 6 nitrogen and oxygen atoms in total. The quantitative estimate of drug-likeness (QED) is 0.0261. The summed E-state index contributed by atoms with van der Waals surface area (Å²) >= 11 is 0. The van der Waals surface area contributed by atoms with Crippen LogP contribution in [0.4, 0.5) is 0 Å². The molecule has 0 aromatic carbocycles. The fraction of sp³-hybridized carbons (Fsp3) is 0.649. The van der Waals surface area contributed by atoms with E-state index in [0.29, 0.717) is 25.7 Å².